The van der Waals surface area contributed by atoms with Crippen LogP contribution in [0, 0.1) is 15.9 Å². The minimum absolute atomic E-state index is 0.0376. The van der Waals surface area contributed by atoms with Gasteiger partial charge in [-0.2, -0.15) is 9.37 Å². The summed E-state index contributed by atoms with van der Waals surface area (Å²) in [5, 5.41) is 27.4. The highest BCUT2D eigenvalue weighted by Gasteiger charge is 2.39. The molecule has 160 valence electrons. The van der Waals surface area contributed by atoms with E-state index in [1.807, 2.05) is 0 Å². The summed E-state index contributed by atoms with van der Waals surface area (Å²) in [5.41, 5.74) is -0.500. The van der Waals surface area contributed by atoms with Gasteiger partial charge in [0, 0.05) is 23.4 Å². The van der Waals surface area contributed by atoms with Crippen molar-refractivity contribution in [3.8, 4) is 5.75 Å². The Morgan fingerprint density at radius 2 is 1.87 bits per heavy atom. The molecule has 1 fully saturated rings. The molecule has 0 unspecified atom stereocenters. The van der Waals surface area contributed by atoms with Crippen LogP contribution in [-0.2, 0) is 10.3 Å². The van der Waals surface area contributed by atoms with E-state index in [-0.39, 0.29) is 36.5 Å². The zero-order valence-corrected chi connectivity index (χ0v) is 16.2. The number of benzene rings is 2. The molecule has 2 heterocycles. The van der Waals surface area contributed by atoms with Crippen LogP contribution in [-0.4, -0.2) is 45.3 Å². The van der Waals surface area contributed by atoms with Gasteiger partial charge in [0.2, 0.25) is 17.7 Å². The van der Waals surface area contributed by atoms with Gasteiger partial charge >= 0.3 is 5.69 Å². The van der Waals surface area contributed by atoms with Crippen LogP contribution in [0.15, 0.2) is 42.7 Å². The van der Waals surface area contributed by atoms with E-state index in [0.29, 0.717) is 11.3 Å². The molecule has 1 aliphatic heterocycles. The lowest BCUT2D eigenvalue weighted by Gasteiger charge is -2.37. The van der Waals surface area contributed by atoms with Gasteiger partial charge in [-0.3, -0.25) is 10.1 Å². The van der Waals surface area contributed by atoms with E-state index in [1.54, 1.807) is 24.3 Å². The molecule has 12 heteroatoms. The van der Waals surface area contributed by atoms with Gasteiger partial charge in [-0.15, -0.1) is 0 Å². The standard InChI is InChI=1S/C19H17FN6O5/c1-30-16-6-12(20)15(26(28)29)7-14(16)24-18-22-10-21-17(25-18)23-13-5-3-2-4-11(13)19(27)8-31-9-19/h2-7,10,27H,8-9H2,1H3,(H2,21,22,23,24,25). The highest BCUT2D eigenvalue weighted by atomic mass is 19.1. The van der Waals surface area contributed by atoms with Gasteiger partial charge in [-0.1, -0.05) is 18.2 Å². The Morgan fingerprint density at radius 3 is 2.48 bits per heavy atom. The van der Waals surface area contributed by atoms with Gasteiger partial charge < -0.3 is 25.2 Å². The fourth-order valence-electron chi connectivity index (χ4n) is 3.06. The second-order valence-electron chi connectivity index (χ2n) is 6.71. The molecular formula is C19H17FN6O5. The fraction of sp³-hybridized carbons (Fsp3) is 0.211. The number of halogens is 1. The normalized spacial score (nSPS) is 14.4. The lowest BCUT2D eigenvalue weighted by atomic mass is 9.90. The first-order chi connectivity index (χ1) is 14.9. The number of para-hydroxylation sites is 1. The second-order valence-corrected chi connectivity index (χ2v) is 6.71. The molecule has 0 spiro atoms. The molecule has 2 aromatic carbocycles. The smallest absolute Gasteiger partial charge is 0.307 e. The zero-order chi connectivity index (χ0) is 22.0. The largest absolute Gasteiger partial charge is 0.494 e. The Balaban J connectivity index is 1.61. The van der Waals surface area contributed by atoms with Crippen molar-refractivity contribution < 1.29 is 23.9 Å². The number of hydrogen-bond acceptors (Lipinski definition) is 10. The molecule has 0 saturated carbocycles. The first-order valence-electron chi connectivity index (χ1n) is 9.04. The average Bonchev–Trinajstić information content (AvgIpc) is 2.73. The van der Waals surface area contributed by atoms with Gasteiger partial charge in [-0.25, -0.2) is 9.97 Å². The maximum absolute atomic E-state index is 13.9. The molecule has 3 N–H and O–H groups in total. The number of hydrogen-bond donors (Lipinski definition) is 3. The van der Waals surface area contributed by atoms with Crippen molar-refractivity contribution >= 4 is 29.0 Å². The summed E-state index contributed by atoms with van der Waals surface area (Å²) >= 11 is 0. The molecule has 3 aromatic rings. The van der Waals surface area contributed by atoms with Crippen molar-refractivity contribution in [2.45, 2.75) is 5.60 Å². The predicted molar refractivity (Wildman–Crippen MR) is 107 cm³/mol. The number of ether oxygens (including phenoxy) is 2. The third-order valence-corrected chi connectivity index (χ3v) is 4.64. The Hall–Kier alpha value is -3.90. The van der Waals surface area contributed by atoms with Crippen molar-refractivity contribution in [2.24, 2.45) is 0 Å². The van der Waals surface area contributed by atoms with E-state index >= 15 is 0 Å². The molecule has 1 saturated heterocycles. The first kappa shape index (κ1) is 20.4. The molecular weight excluding hydrogens is 411 g/mol. The lowest BCUT2D eigenvalue weighted by Crippen LogP contribution is -2.46. The maximum Gasteiger partial charge on any atom is 0.307 e. The molecule has 0 radical (unpaired) electrons. The van der Waals surface area contributed by atoms with Crippen LogP contribution >= 0.6 is 0 Å². The summed E-state index contributed by atoms with van der Waals surface area (Å²) in [6, 6.07) is 9.01. The molecule has 0 amide bonds. The van der Waals surface area contributed by atoms with E-state index < -0.39 is 22.0 Å². The van der Waals surface area contributed by atoms with Crippen molar-refractivity contribution in [1.29, 1.82) is 0 Å². The van der Waals surface area contributed by atoms with Crippen LogP contribution in [0.1, 0.15) is 5.56 Å². The van der Waals surface area contributed by atoms with Crippen LogP contribution in [0.4, 0.5) is 33.3 Å². The average molecular weight is 428 g/mol. The molecule has 0 atom stereocenters. The monoisotopic (exact) mass is 428 g/mol. The van der Waals surface area contributed by atoms with Gasteiger partial charge in [0.05, 0.1) is 30.9 Å². The van der Waals surface area contributed by atoms with Gasteiger partial charge in [0.15, 0.2) is 0 Å². The Labute approximate surface area is 175 Å². The zero-order valence-electron chi connectivity index (χ0n) is 16.2. The van der Waals surface area contributed by atoms with E-state index in [1.165, 1.54) is 13.4 Å². The first-order valence-corrected chi connectivity index (χ1v) is 9.04. The fourth-order valence-corrected chi connectivity index (χ4v) is 3.06. The van der Waals surface area contributed by atoms with E-state index in [0.717, 1.165) is 12.1 Å². The lowest BCUT2D eigenvalue weighted by molar-refractivity contribution is -0.387. The Bertz CT molecular complexity index is 1140. The summed E-state index contributed by atoms with van der Waals surface area (Å²) in [7, 11) is 1.30. The summed E-state index contributed by atoms with van der Waals surface area (Å²) in [6.45, 7) is 0.359. The molecule has 0 aliphatic carbocycles. The van der Waals surface area contributed by atoms with Gasteiger partial charge in [-0.05, 0) is 6.07 Å². The molecule has 0 bridgehead atoms. The van der Waals surface area contributed by atoms with E-state index in [9.17, 15) is 19.6 Å². The van der Waals surface area contributed by atoms with Gasteiger partial charge in [0.1, 0.15) is 17.7 Å². The van der Waals surface area contributed by atoms with Crippen molar-refractivity contribution in [1.82, 2.24) is 15.0 Å². The van der Waals surface area contributed by atoms with Crippen LogP contribution in [0.2, 0.25) is 0 Å². The van der Waals surface area contributed by atoms with E-state index in [2.05, 4.69) is 25.6 Å². The van der Waals surface area contributed by atoms with E-state index in [4.69, 9.17) is 9.47 Å². The Kier molecular flexibility index (Phi) is 5.31. The minimum Gasteiger partial charge on any atom is -0.494 e. The summed E-state index contributed by atoms with van der Waals surface area (Å²) in [6.07, 6.45) is 1.23. The number of methoxy groups -OCH3 is 1. The molecule has 11 nitrogen and oxygen atoms in total. The third kappa shape index (κ3) is 4.06. The number of anilines is 4. The number of aliphatic hydroxyl groups is 1. The number of nitro groups is 1. The highest BCUT2D eigenvalue weighted by Crippen LogP contribution is 2.36. The summed E-state index contributed by atoms with van der Waals surface area (Å²) in [5.74, 6) is -0.792. The Morgan fingerprint density at radius 1 is 1.19 bits per heavy atom. The minimum atomic E-state index is -1.10. The number of nitrogens with zero attached hydrogens (tertiary/aromatic N) is 4. The molecule has 1 aliphatic rings. The number of rotatable bonds is 7. The third-order valence-electron chi connectivity index (χ3n) is 4.64. The van der Waals surface area contributed by atoms with Crippen LogP contribution in [0.3, 0.4) is 0 Å². The maximum atomic E-state index is 13.9. The van der Waals surface area contributed by atoms with Crippen LogP contribution in [0.5, 0.6) is 5.75 Å². The van der Waals surface area contributed by atoms with Gasteiger partial charge in [0.25, 0.3) is 0 Å². The van der Waals surface area contributed by atoms with Crippen molar-refractivity contribution in [3.63, 3.8) is 0 Å². The number of aromatic nitrogens is 3. The number of nitro benzene ring substituents is 1. The van der Waals surface area contributed by atoms with Crippen LogP contribution < -0.4 is 15.4 Å². The predicted octanol–water partition coefficient (Wildman–Crippen LogP) is 2.63. The van der Waals surface area contributed by atoms with Crippen LogP contribution in [0.25, 0.3) is 0 Å². The number of nitrogens with one attached hydrogen (secondary N) is 2. The second kappa shape index (κ2) is 8.08. The highest BCUT2D eigenvalue weighted by molar-refractivity contribution is 5.67. The van der Waals surface area contributed by atoms with Crippen molar-refractivity contribution in [2.75, 3.05) is 31.0 Å². The summed E-state index contributed by atoms with van der Waals surface area (Å²) < 4.78 is 24.1. The summed E-state index contributed by atoms with van der Waals surface area (Å²) in [4.78, 5) is 22.5. The van der Waals surface area contributed by atoms with Crippen molar-refractivity contribution in [3.05, 3.63) is 64.2 Å². The molecule has 1 aromatic heterocycles. The quantitative estimate of drug-likeness (QED) is 0.379. The molecule has 4 rings (SSSR count). The topological polar surface area (TPSA) is 145 Å². The molecule has 31 heavy (non-hydrogen) atoms. The SMILES string of the molecule is COc1cc(F)c([N+](=O)[O-])cc1Nc1ncnc(Nc2ccccc2C2(O)COC2)n1.